The molecule has 19 heavy (non-hydrogen) atoms. The molecule has 1 aromatic carbocycles. The SMILES string of the molecule is Cc1ccc(-n2c(-c3ccncc3)nsc2=O)cc1. The van der Waals surface area contributed by atoms with Gasteiger partial charge in [0.1, 0.15) is 0 Å². The van der Waals surface area contributed by atoms with Crippen molar-refractivity contribution in [3.8, 4) is 17.1 Å². The van der Waals surface area contributed by atoms with Crippen LogP contribution in [-0.4, -0.2) is 13.9 Å². The maximum atomic E-state index is 12.0. The fourth-order valence-corrected chi connectivity index (χ4v) is 2.48. The Morgan fingerprint density at radius 2 is 1.74 bits per heavy atom. The lowest BCUT2D eigenvalue weighted by atomic mass is 10.2. The molecule has 0 aliphatic carbocycles. The van der Waals surface area contributed by atoms with Crippen molar-refractivity contribution in [3.05, 3.63) is 64.0 Å². The highest BCUT2D eigenvalue weighted by atomic mass is 32.1. The first-order valence-corrected chi connectivity index (χ1v) is 6.59. The van der Waals surface area contributed by atoms with Crippen molar-refractivity contribution >= 4 is 11.5 Å². The summed E-state index contributed by atoms with van der Waals surface area (Å²) >= 11 is 0.962. The molecule has 0 atom stereocenters. The summed E-state index contributed by atoms with van der Waals surface area (Å²) in [4.78, 5) is 15.9. The fraction of sp³-hybridized carbons (Fsp3) is 0.0714. The van der Waals surface area contributed by atoms with Crippen LogP contribution in [0.2, 0.25) is 0 Å². The van der Waals surface area contributed by atoms with Crippen LogP contribution < -0.4 is 4.87 Å². The molecule has 5 heteroatoms. The van der Waals surface area contributed by atoms with Crippen LogP contribution in [0.5, 0.6) is 0 Å². The summed E-state index contributed by atoms with van der Waals surface area (Å²) in [5.41, 5.74) is 2.87. The molecular weight excluding hydrogens is 258 g/mol. The van der Waals surface area contributed by atoms with E-state index in [4.69, 9.17) is 0 Å². The third kappa shape index (κ3) is 2.20. The predicted octanol–water partition coefficient (Wildman–Crippen LogP) is 2.66. The van der Waals surface area contributed by atoms with Gasteiger partial charge in [-0.1, -0.05) is 17.7 Å². The molecule has 0 unspecified atom stereocenters. The molecule has 0 saturated carbocycles. The standard InChI is InChI=1S/C14H11N3OS/c1-10-2-4-12(5-3-10)17-13(16-19-14(17)18)11-6-8-15-9-7-11/h2-9H,1H3. The lowest BCUT2D eigenvalue weighted by Gasteiger charge is -2.06. The summed E-state index contributed by atoms with van der Waals surface area (Å²) in [6.45, 7) is 2.02. The Balaban J connectivity index is 2.19. The van der Waals surface area contributed by atoms with Crippen molar-refractivity contribution in [3.63, 3.8) is 0 Å². The van der Waals surface area contributed by atoms with Gasteiger partial charge >= 0.3 is 4.87 Å². The van der Waals surface area contributed by atoms with E-state index in [1.807, 2.05) is 43.3 Å². The summed E-state index contributed by atoms with van der Waals surface area (Å²) < 4.78 is 5.87. The Hall–Kier alpha value is -2.27. The molecule has 2 aromatic heterocycles. The molecule has 0 saturated heterocycles. The first-order chi connectivity index (χ1) is 9.25. The highest BCUT2D eigenvalue weighted by Gasteiger charge is 2.12. The van der Waals surface area contributed by atoms with Crippen LogP contribution in [0.15, 0.2) is 53.6 Å². The number of benzene rings is 1. The van der Waals surface area contributed by atoms with Crippen LogP contribution in [0.4, 0.5) is 0 Å². The molecule has 0 amide bonds. The molecule has 2 heterocycles. The second kappa shape index (κ2) is 4.78. The molecule has 0 spiro atoms. The van der Waals surface area contributed by atoms with Crippen LogP contribution >= 0.6 is 11.5 Å². The van der Waals surface area contributed by atoms with E-state index >= 15 is 0 Å². The lowest BCUT2D eigenvalue weighted by Crippen LogP contribution is -2.11. The molecule has 94 valence electrons. The molecule has 3 rings (SSSR count). The fourth-order valence-electron chi connectivity index (χ4n) is 1.85. The van der Waals surface area contributed by atoms with Crippen LogP contribution in [0, 0.1) is 6.92 Å². The average Bonchev–Trinajstić information content (AvgIpc) is 2.83. The van der Waals surface area contributed by atoms with E-state index in [0.29, 0.717) is 5.82 Å². The molecular formula is C14H11N3OS. The number of hydrogen-bond donors (Lipinski definition) is 0. The Kier molecular flexibility index (Phi) is 2.97. The number of aryl methyl sites for hydroxylation is 1. The molecule has 0 radical (unpaired) electrons. The summed E-state index contributed by atoms with van der Waals surface area (Å²) in [5, 5.41) is 0. The highest BCUT2D eigenvalue weighted by Crippen LogP contribution is 2.19. The lowest BCUT2D eigenvalue weighted by molar-refractivity contribution is 1.02. The van der Waals surface area contributed by atoms with Crippen LogP contribution in [0.3, 0.4) is 0 Å². The van der Waals surface area contributed by atoms with Gasteiger partial charge in [-0.25, -0.2) is 4.57 Å². The first kappa shape index (κ1) is 11.8. The zero-order chi connectivity index (χ0) is 13.2. The largest absolute Gasteiger partial charge is 0.331 e. The van der Waals surface area contributed by atoms with Gasteiger partial charge in [0.15, 0.2) is 5.82 Å². The van der Waals surface area contributed by atoms with Gasteiger partial charge in [0.05, 0.1) is 5.69 Å². The van der Waals surface area contributed by atoms with Gasteiger partial charge in [-0.15, -0.1) is 0 Å². The van der Waals surface area contributed by atoms with Crippen molar-refractivity contribution in [2.45, 2.75) is 6.92 Å². The van der Waals surface area contributed by atoms with E-state index in [1.165, 1.54) is 0 Å². The molecule has 0 aliphatic heterocycles. The minimum atomic E-state index is -0.0873. The predicted molar refractivity (Wildman–Crippen MR) is 75.7 cm³/mol. The quantitative estimate of drug-likeness (QED) is 0.718. The number of nitrogens with zero attached hydrogens (tertiary/aromatic N) is 3. The number of pyridine rings is 1. The Bertz CT molecular complexity index is 744. The molecule has 0 N–H and O–H groups in total. The van der Waals surface area contributed by atoms with Gasteiger partial charge in [0.2, 0.25) is 0 Å². The minimum Gasteiger partial charge on any atom is -0.265 e. The van der Waals surface area contributed by atoms with E-state index in [0.717, 1.165) is 28.3 Å². The molecule has 0 bridgehead atoms. The second-order valence-corrected chi connectivity index (χ2v) is 4.89. The van der Waals surface area contributed by atoms with E-state index in [1.54, 1.807) is 17.0 Å². The summed E-state index contributed by atoms with van der Waals surface area (Å²) in [6, 6.07) is 11.5. The molecule has 3 aromatic rings. The van der Waals surface area contributed by atoms with Gasteiger partial charge in [-0.2, -0.15) is 4.37 Å². The van der Waals surface area contributed by atoms with Crippen LogP contribution in [0.25, 0.3) is 17.1 Å². The van der Waals surface area contributed by atoms with Crippen molar-refractivity contribution in [1.29, 1.82) is 0 Å². The normalized spacial score (nSPS) is 10.6. The highest BCUT2D eigenvalue weighted by molar-refractivity contribution is 7.03. The van der Waals surface area contributed by atoms with Crippen molar-refractivity contribution in [2.24, 2.45) is 0 Å². The molecule has 0 aliphatic rings. The summed E-state index contributed by atoms with van der Waals surface area (Å²) in [6.07, 6.45) is 3.39. The van der Waals surface area contributed by atoms with Crippen molar-refractivity contribution in [1.82, 2.24) is 13.9 Å². The maximum absolute atomic E-state index is 12.0. The third-order valence-corrected chi connectivity index (χ3v) is 3.44. The summed E-state index contributed by atoms with van der Waals surface area (Å²) in [5.74, 6) is 0.654. The van der Waals surface area contributed by atoms with Gasteiger partial charge < -0.3 is 0 Å². The van der Waals surface area contributed by atoms with E-state index in [9.17, 15) is 4.79 Å². The Morgan fingerprint density at radius 3 is 2.42 bits per heavy atom. The second-order valence-electron chi connectivity index (χ2n) is 4.18. The van der Waals surface area contributed by atoms with Crippen LogP contribution in [-0.2, 0) is 0 Å². The molecule has 4 nitrogen and oxygen atoms in total. The van der Waals surface area contributed by atoms with Gasteiger partial charge in [0, 0.05) is 29.5 Å². The minimum absolute atomic E-state index is 0.0873. The average molecular weight is 269 g/mol. The number of rotatable bonds is 2. The summed E-state index contributed by atoms with van der Waals surface area (Å²) in [7, 11) is 0. The van der Waals surface area contributed by atoms with E-state index in [2.05, 4.69) is 9.36 Å². The first-order valence-electron chi connectivity index (χ1n) is 5.82. The smallest absolute Gasteiger partial charge is 0.265 e. The van der Waals surface area contributed by atoms with E-state index in [-0.39, 0.29) is 4.87 Å². The Morgan fingerprint density at radius 1 is 1.05 bits per heavy atom. The maximum Gasteiger partial charge on any atom is 0.331 e. The number of aromatic nitrogens is 3. The van der Waals surface area contributed by atoms with Crippen molar-refractivity contribution < 1.29 is 0 Å². The molecule has 0 fully saturated rings. The van der Waals surface area contributed by atoms with Crippen molar-refractivity contribution in [2.75, 3.05) is 0 Å². The zero-order valence-corrected chi connectivity index (χ0v) is 11.1. The van der Waals surface area contributed by atoms with Gasteiger partial charge in [-0.05, 0) is 31.2 Å². The Labute approximate surface area is 114 Å². The zero-order valence-electron chi connectivity index (χ0n) is 10.3. The monoisotopic (exact) mass is 269 g/mol. The van der Waals surface area contributed by atoms with Gasteiger partial charge in [-0.3, -0.25) is 9.78 Å². The number of hydrogen-bond acceptors (Lipinski definition) is 4. The van der Waals surface area contributed by atoms with Gasteiger partial charge in [0.25, 0.3) is 0 Å². The van der Waals surface area contributed by atoms with E-state index < -0.39 is 0 Å². The third-order valence-electron chi connectivity index (χ3n) is 2.84. The van der Waals surface area contributed by atoms with Crippen LogP contribution in [0.1, 0.15) is 5.56 Å². The topological polar surface area (TPSA) is 47.8 Å².